The highest BCUT2D eigenvalue weighted by molar-refractivity contribution is 5.72. The van der Waals surface area contributed by atoms with E-state index in [2.05, 4.69) is 117 Å². The number of carbonyl (C=O) groups is 1. The van der Waals surface area contributed by atoms with Crippen molar-refractivity contribution < 1.29 is 9.53 Å². The Morgan fingerprint density at radius 3 is 2.19 bits per heavy atom. The first-order chi connectivity index (χ1) is 18.0. The van der Waals surface area contributed by atoms with Crippen LogP contribution >= 0.6 is 0 Å². The Hall–Kier alpha value is -3.69. The summed E-state index contributed by atoms with van der Waals surface area (Å²) in [6.45, 7) is 9.46. The van der Waals surface area contributed by atoms with E-state index in [4.69, 9.17) is 4.74 Å². The molecule has 0 aromatic heterocycles. The smallest absolute Gasteiger partial charge is 0.307 e. The lowest BCUT2D eigenvalue weighted by molar-refractivity contribution is -0.145. The number of aryl methyl sites for hydroxylation is 2. The Morgan fingerprint density at radius 2 is 1.49 bits per heavy atom. The number of ether oxygens (including phenoxy) is 1. The van der Waals surface area contributed by atoms with Gasteiger partial charge in [0.1, 0.15) is 0 Å². The number of benzene rings is 4. The largest absolute Gasteiger partial charge is 0.466 e. The van der Waals surface area contributed by atoms with E-state index in [1.165, 1.54) is 33.4 Å². The molecule has 0 saturated carbocycles. The fraction of sp³-hybridized carbons (Fsp3) is 0.265. The molecule has 0 aliphatic carbocycles. The van der Waals surface area contributed by atoms with E-state index in [1.807, 2.05) is 19.1 Å². The average molecular weight is 492 g/mol. The first-order valence-corrected chi connectivity index (χ1v) is 13.1. The SMILES string of the molecule is CCOC(=O)C[C@@H](c1cccc(-c2cc(C)ccc2C)c1)N(Cc1ccccc1)[C@H](C)c1ccccc1. The van der Waals surface area contributed by atoms with Crippen LogP contribution in [0, 0.1) is 13.8 Å². The lowest BCUT2D eigenvalue weighted by Crippen LogP contribution is -2.33. The topological polar surface area (TPSA) is 29.5 Å². The molecule has 0 saturated heterocycles. The van der Waals surface area contributed by atoms with Crippen molar-refractivity contribution in [3.63, 3.8) is 0 Å². The van der Waals surface area contributed by atoms with E-state index in [0.717, 1.165) is 5.56 Å². The van der Waals surface area contributed by atoms with Gasteiger partial charge in [-0.25, -0.2) is 0 Å². The molecule has 4 aromatic rings. The van der Waals surface area contributed by atoms with Crippen molar-refractivity contribution in [2.24, 2.45) is 0 Å². The molecule has 3 nitrogen and oxygen atoms in total. The van der Waals surface area contributed by atoms with E-state index in [9.17, 15) is 4.79 Å². The Kier molecular flexibility index (Phi) is 8.92. The van der Waals surface area contributed by atoms with Crippen molar-refractivity contribution in [1.29, 1.82) is 0 Å². The Bertz CT molecular complexity index is 1300. The summed E-state index contributed by atoms with van der Waals surface area (Å²) in [6.07, 6.45) is 0.286. The van der Waals surface area contributed by atoms with Gasteiger partial charge < -0.3 is 4.74 Å². The number of nitrogens with zero attached hydrogens (tertiary/aromatic N) is 1. The molecule has 2 atom stereocenters. The fourth-order valence-corrected chi connectivity index (χ4v) is 5.00. The quantitative estimate of drug-likeness (QED) is 0.209. The average Bonchev–Trinajstić information content (AvgIpc) is 2.93. The fourth-order valence-electron chi connectivity index (χ4n) is 5.00. The highest BCUT2D eigenvalue weighted by atomic mass is 16.5. The highest BCUT2D eigenvalue weighted by Gasteiger charge is 2.29. The van der Waals surface area contributed by atoms with Crippen LogP contribution in [0.5, 0.6) is 0 Å². The van der Waals surface area contributed by atoms with Gasteiger partial charge in [0.05, 0.1) is 13.0 Å². The van der Waals surface area contributed by atoms with E-state index in [1.54, 1.807) is 0 Å². The van der Waals surface area contributed by atoms with Crippen LogP contribution in [0.15, 0.2) is 103 Å². The number of hydrogen-bond donors (Lipinski definition) is 0. The van der Waals surface area contributed by atoms with Crippen LogP contribution in [0.2, 0.25) is 0 Å². The molecule has 0 radical (unpaired) electrons. The molecule has 0 unspecified atom stereocenters. The second-order valence-corrected chi connectivity index (χ2v) is 9.71. The zero-order chi connectivity index (χ0) is 26.2. The van der Waals surface area contributed by atoms with Gasteiger partial charge in [-0.2, -0.15) is 0 Å². The third kappa shape index (κ3) is 6.75. The van der Waals surface area contributed by atoms with Crippen LogP contribution in [0.3, 0.4) is 0 Å². The van der Waals surface area contributed by atoms with Crippen LogP contribution < -0.4 is 0 Å². The summed E-state index contributed by atoms with van der Waals surface area (Å²) in [7, 11) is 0. The standard InChI is InChI=1S/C34H37NO2/c1-5-37-34(36)23-33(31-18-12-17-30(22-31)32-21-25(2)19-20-26(32)3)35(24-28-13-8-6-9-14-28)27(4)29-15-10-7-11-16-29/h6-22,27,33H,5,23-24H2,1-4H3/t27-,33+/m1/s1. The summed E-state index contributed by atoms with van der Waals surface area (Å²) >= 11 is 0. The molecule has 0 aliphatic rings. The van der Waals surface area contributed by atoms with Crippen LogP contribution in [-0.4, -0.2) is 17.5 Å². The number of rotatable bonds is 10. The van der Waals surface area contributed by atoms with Crippen LogP contribution in [0.25, 0.3) is 11.1 Å². The molecule has 4 aromatic carbocycles. The van der Waals surface area contributed by atoms with Crippen molar-refractivity contribution in [2.75, 3.05) is 6.61 Å². The summed E-state index contributed by atoms with van der Waals surface area (Å²) in [5.74, 6) is -0.178. The minimum atomic E-state index is -0.178. The van der Waals surface area contributed by atoms with Crippen molar-refractivity contribution in [2.45, 2.75) is 52.7 Å². The molecule has 0 bridgehead atoms. The second-order valence-electron chi connectivity index (χ2n) is 9.71. The van der Waals surface area contributed by atoms with Gasteiger partial charge in [-0.05, 0) is 67.1 Å². The normalized spacial score (nSPS) is 12.8. The summed E-state index contributed by atoms with van der Waals surface area (Å²) in [4.78, 5) is 15.4. The Balaban J connectivity index is 1.81. The summed E-state index contributed by atoms with van der Waals surface area (Å²) in [5, 5.41) is 0. The predicted octanol–water partition coefficient (Wildman–Crippen LogP) is 8.23. The van der Waals surface area contributed by atoms with Gasteiger partial charge in [0, 0.05) is 18.6 Å². The van der Waals surface area contributed by atoms with E-state index in [-0.39, 0.29) is 24.5 Å². The second kappa shape index (κ2) is 12.5. The Morgan fingerprint density at radius 1 is 0.811 bits per heavy atom. The third-order valence-corrected chi connectivity index (χ3v) is 7.03. The first kappa shape index (κ1) is 26.4. The van der Waals surface area contributed by atoms with Crippen LogP contribution in [0.4, 0.5) is 0 Å². The predicted molar refractivity (Wildman–Crippen MR) is 152 cm³/mol. The number of esters is 1. The molecule has 0 aliphatic heterocycles. The van der Waals surface area contributed by atoms with E-state index in [0.29, 0.717) is 13.2 Å². The molecule has 3 heteroatoms. The van der Waals surface area contributed by atoms with Gasteiger partial charge in [0.25, 0.3) is 0 Å². The van der Waals surface area contributed by atoms with Gasteiger partial charge in [0.15, 0.2) is 0 Å². The summed E-state index contributed by atoms with van der Waals surface area (Å²) in [5.41, 5.74) is 8.41. The van der Waals surface area contributed by atoms with Gasteiger partial charge in [0.2, 0.25) is 0 Å². The number of carbonyl (C=O) groups excluding carboxylic acids is 1. The Labute approximate surface area is 221 Å². The van der Waals surface area contributed by atoms with Crippen molar-refractivity contribution in [1.82, 2.24) is 4.90 Å². The van der Waals surface area contributed by atoms with E-state index < -0.39 is 0 Å². The maximum Gasteiger partial charge on any atom is 0.307 e. The molecule has 0 fully saturated rings. The lowest BCUT2D eigenvalue weighted by Gasteiger charge is -2.37. The zero-order valence-corrected chi connectivity index (χ0v) is 22.4. The molecule has 0 spiro atoms. The zero-order valence-electron chi connectivity index (χ0n) is 22.4. The molecule has 37 heavy (non-hydrogen) atoms. The van der Waals surface area contributed by atoms with Crippen molar-refractivity contribution >= 4 is 5.97 Å². The third-order valence-electron chi connectivity index (χ3n) is 7.03. The van der Waals surface area contributed by atoms with Crippen LogP contribution in [-0.2, 0) is 16.1 Å². The maximum absolute atomic E-state index is 12.9. The van der Waals surface area contributed by atoms with Gasteiger partial charge >= 0.3 is 5.97 Å². The monoisotopic (exact) mass is 491 g/mol. The lowest BCUT2D eigenvalue weighted by atomic mass is 9.92. The molecular weight excluding hydrogens is 454 g/mol. The van der Waals surface area contributed by atoms with E-state index >= 15 is 0 Å². The van der Waals surface area contributed by atoms with Crippen LogP contribution in [0.1, 0.15) is 60.2 Å². The number of hydrogen-bond acceptors (Lipinski definition) is 3. The van der Waals surface area contributed by atoms with Gasteiger partial charge in [-0.15, -0.1) is 0 Å². The molecule has 0 N–H and O–H groups in total. The summed E-state index contributed by atoms with van der Waals surface area (Å²) < 4.78 is 5.46. The molecule has 4 rings (SSSR count). The molecule has 0 amide bonds. The highest BCUT2D eigenvalue weighted by Crippen LogP contribution is 2.37. The maximum atomic E-state index is 12.9. The molecule has 190 valence electrons. The van der Waals surface area contributed by atoms with Crippen molar-refractivity contribution in [3.05, 3.63) is 131 Å². The minimum absolute atomic E-state index is 0.0881. The van der Waals surface area contributed by atoms with Crippen molar-refractivity contribution in [3.8, 4) is 11.1 Å². The first-order valence-electron chi connectivity index (χ1n) is 13.1. The van der Waals surface area contributed by atoms with Gasteiger partial charge in [-0.1, -0.05) is 103 Å². The molecule has 0 heterocycles. The summed E-state index contributed by atoms with van der Waals surface area (Å²) in [6, 6.07) is 36.2. The minimum Gasteiger partial charge on any atom is -0.466 e. The van der Waals surface area contributed by atoms with Gasteiger partial charge in [-0.3, -0.25) is 9.69 Å². The molecular formula is C34H37NO2.